The molecule has 0 aliphatic carbocycles. The molecule has 2 aromatic rings. The van der Waals surface area contributed by atoms with Crippen LogP contribution in [0.5, 0.6) is 0 Å². The van der Waals surface area contributed by atoms with E-state index in [2.05, 4.69) is 44.0 Å². The number of benzene rings is 1. The van der Waals surface area contributed by atoms with Crippen LogP contribution in [-0.4, -0.2) is 9.55 Å². The van der Waals surface area contributed by atoms with Crippen LogP contribution in [-0.2, 0) is 0 Å². The summed E-state index contributed by atoms with van der Waals surface area (Å²) >= 11 is 0. The first-order valence-corrected chi connectivity index (χ1v) is 6.27. The summed E-state index contributed by atoms with van der Waals surface area (Å²) in [5.74, 6) is 0.584. The van der Waals surface area contributed by atoms with Gasteiger partial charge in [-0.05, 0) is 30.0 Å². The van der Waals surface area contributed by atoms with Gasteiger partial charge in [0.2, 0.25) is 0 Å². The molecule has 0 N–H and O–H groups in total. The van der Waals surface area contributed by atoms with E-state index in [9.17, 15) is 0 Å². The molecule has 0 aliphatic rings. The molecule has 2 nitrogen and oxygen atoms in total. The second kappa shape index (κ2) is 6.24. The van der Waals surface area contributed by atoms with Crippen molar-refractivity contribution in [2.24, 2.45) is 0 Å². The predicted octanol–water partition coefficient (Wildman–Crippen LogP) is 4.33. The van der Waals surface area contributed by atoms with Gasteiger partial charge >= 0.3 is 0 Å². The minimum absolute atomic E-state index is 0.584. The molecule has 1 heterocycles. The molecule has 2 rings (SSSR count). The van der Waals surface area contributed by atoms with E-state index in [1.807, 2.05) is 30.9 Å². The molecule has 0 amide bonds. The zero-order valence-corrected chi connectivity index (χ0v) is 11.4. The van der Waals surface area contributed by atoms with E-state index in [4.69, 9.17) is 0 Å². The molecule has 2 heteroatoms. The van der Waals surface area contributed by atoms with Crippen LogP contribution in [0, 0.1) is 6.92 Å². The third kappa shape index (κ3) is 3.19. The van der Waals surface area contributed by atoms with Crippen LogP contribution in [0.3, 0.4) is 0 Å². The summed E-state index contributed by atoms with van der Waals surface area (Å²) in [7, 11) is 0. The van der Waals surface area contributed by atoms with Crippen molar-refractivity contribution in [1.29, 1.82) is 0 Å². The first-order chi connectivity index (χ1) is 8.18. The lowest BCUT2D eigenvalue weighted by atomic mass is 10.0. The number of nitrogens with zero attached hydrogens (tertiary/aromatic N) is 2. The maximum absolute atomic E-state index is 4.06. The Bertz CT molecular complexity index is 442. The number of rotatable bonds is 2. The Kier molecular flexibility index (Phi) is 4.95. The molecule has 17 heavy (non-hydrogen) atoms. The number of hydrogen-bond acceptors (Lipinski definition) is 1. The van der Waals surface area contributed by atoms with Crippen molar-refractivity contribution < 1.29 is 0 Å². The number of aryl methyl sites for hydroxylation is 1. The van der Waals surface area contributed by atoms with Crippen LogP contribution in [0.1, 0.15) is 44.7 Å². The van der Waals surface area contributed by atoms with Crippen molar-refractivity contribution in [3.63, 3.8) is 0 Å². The van der Waals surface area contributed by atoms with Crippen molar-refractivity contribution in [2.45, 2.75) is 40.5 Å². The van der Waals surface area contributed by atoms with Gasteiger partial charge in [-0.15, -0.1) is 0 Å². The predicted molar refractivity (Wildman–Crippen MR) is 73.7 cm³/mol. The normalized spacial score (nSPS) is 10.0. The third-order valence-corrected chi connectivity index (χ3v) is 2.67. The van der Waals surface area contributed by atoms with Crippen molar-refractivity contribution >= 4 is 0 Å². The average Bonchev–Trinajstić information content (AvgIpc) is 2.85. The molecule has 0 fully saturated rings. The van der Waals surface area contributed by atoms with Crippen LogP contribution >= 0.6 is 0 Å². The minimum Gasteiger partial charge on any atom is -0.306 e. The lowest BCUT2D eigenvalue weighted by Gasteiger charge is -2.11. The fourth-order valence-electron chi connectivity index (χ4n) is 1.73. The van der Waals surface area contributed by atoms with Gasteiger partial charge in [0.15, 0.2) is 0 Å². The Balaban J connectivity index is 0.000000686. The highest BCUT2D eigenvalue weighted by molar-refractivity contribution is 5.43. The smallest absolute Gasteiger partial charge is 0.0991 e. The van der Waals surface area contributed by atoms with Crippen LogP contribution in [0.4, 0.5) is 0 Å². The summed E-state index contributed by atoms with van der Waals surface area (Å²) in [4.78, 5) is 4.06. The number of hydrogen-bond donors (Lipinski definition) is 0. The van der Waals surface area contributed by atoms with Gasteiger partial charge in [-0.1, -0.05) is 39.8 Å². The van der Waals surface area contributed by atoms with E-state index in [-0.39, 0.29) is 0 Å². The zero-order valence-electron chi connectivity index (χ0n) is 11.4. The summed E-state index contributed by atoms with van der Waals surface area (Å²) in [6.45, 7) is 10.6. The van der Waals surface area contributed by atoms with Crippen LogP contribution in [0.15, 0.2) is 36.9 Å². The molecule has 1 aromatic heterocycles. The second-order valence-electron chi connectivity index (χ2n) is 4.17. The van der Waals surface area contributed by atoms with E-state index in [1.54, 1.807) is 6.20 Å². The highest BCUT2D eigenvalue weighted by Gasteiger charge is 2.04. The van der Waals surface area contributed by atoms with E-state index < -0.39 is 0 Å². The quantitative estimate of drug-likeness (QED) is 0.750. The summed E-state index contributed by atoms with van der Waals surface area (Å²) in [6.07, 6.45) is 5.60. The molecule has 0 saturated carbocycles. The molecular formula is C15H22N2. The molecule has 0 aliphatic heterocycles. The van der Waals surface area contributed by atoms with Gasteiger partial charge in [-0.3, -0.25) is 0 Å². The molecule has 1 aromatic carbocycles. The van der Waals surface area contributed by atoms with Gasteiger partial charge in [-0.2, -0.15) is 0 Å². The van der Waals surface area contributed by atoms with Crippen molar-refractivity contribution in [3.05, 3.63) is 48.0 Å². The highest BCUT2D eigenvalue weighted by atomic mass is 15.0. The van der Waals surface area contributed by atoms with Gasteiger partial charge in [-0.25, -0.2) is 4.98 Å². The Labute approximate surface area is 104 Å². The zero-order chi connectivity index (χ0) is 12.8. The van der Waals surface area contributed by atoms with Crippen LogP contribution in [0.2, 0.25) is 0 Å². The number of aromatic nitrogens is 2. The van der Waals surface area contributed by atoms with Crippen LogP contribution < -0.4 is 0 Å². The Morgan fingerprint density at radius 1 is 1.18 bits per heavy atom. The van der Waals surface area contributed by atoms with E-state index in [1.165, 1.54) is 16.8 Å². The molecule has 0 radical (unpaired) electrons. The van der Waals surface area contributed by atoms with E-state index >= 15 is 0 Å². The SMILES string of the molecule is CC.Cc1cc(C(C)C)ccc1-n1ccnc1. The van der Waals surface area contributed by atoms with Gasteiger partial charge in [0.25, 0.3) is 0 Å². The Morgan fingerprint density at radius 3 is 2.35 bits per heavy atom. The molecule has 0 saturated heterocycles. The summed E-state index contributed by atoms with van der Waals surface area (Å²) in [6, 6.07) is 6.60. The maximum Gasteiger partial charge on any atom is 0.0991 e. The molecule has 0 bridgehead atoms. The largest absolute Gasteiger partial charge is 0.306 e. The summed E-state index contributed by atoms with van der Waals surface area (Å²) in [5, 5.41) is 0. The topological polar surface area (TPSA) is 17.8 Å². The van der Waals surface area contributed by atoms with E-state index in [0.717, 1.165) is 0 Å². The molecule has 0 atom stereocenters. The minimum atomic E-state index is 0.584. The Hall–Kier alpha value is -1.57. The average molecular weight is 230 g/mol. The molecule has 0 spiro atoms. The fraction of sp³-hybridized carbons (Fsp3) is 0.400. The van der Waals surface area contributed by atoms with Gasteiger partial charge in [0.1, 0.15) is 0 Å². The number of imidazole rings is 1. The molecule has 92 valence electrons. The first kappa shape index (κ1) is 13.5. The van der Waals surface area contributed by atoms with Gasteiger partial charge in [0, 0.05) is 18.1 Å². The van der Waals surface area contributed by atoms with Crippen molar-refractivity contribution in [1.82, 2.24) is 9.55 Å². The van der Waals surface area contributed by atoms with Gasteiger partial charge < -0.3 is 4.57 Å². The fourth-order valence-corrected chi connectivity index (χ4v) is 1.73. The molecule has 0 unspecified atom stereocenters. The first-order valence-electron chi connectivity index (χ1n) is 6.27. The monoisotopic (exact) mass is 230 g/mol. The maximum atomic E-state index is 4.06. The second-order valence-corrected chi connectivity index (χ2v) is 4.17. The van der Waals surface area contributed by atoms with E-state index in [0.29, 0.717) is 5.92 Å². The summed E-state index contributed by atoms with van der Waals surface area (Å²) in [5.41, 5.74) is 3.88. The lowest BCUT2D eigenvalue weighted by molar-refractivity contribution is 0.862. The van der Waals surface area contributed by atoms with Crippen molar-refractivity contribution in [3.8, 4) is 5.69 Å². The van der Waals surface area contributed by atoms with Gasteiger partial charge in [0.05, 0.1) is 6.33 Å². The van der Waals surface area contributed by atoms with Crippen molar-refractivity contribution in [2.75, 3.05) is 0 Å². The third-order valence-electron chi connectivity index (χ3n) is 2.67. The lowest BCUT2D eigenvalue weighted by Crippen LogP contribution is -1.96. The van der Waals surface area contributed by atoms with Crippen LogP contribution in [0.25, 0.3) is 5.69 Å². The standard InChI is InChI=1S/C13H16N2.C2H6/c1-10(2)12-4-5-13(11(3)8-12)15-7-6-14-9-15;1-2/h4-10H,1-3H3;1-2H3. The summed E-state index contributed by atoms with van der Waals surface area (Å²) < 4.78 is 2.04. The molecular weight excluding hydrogens is 208 g/mol. The highest BCUT2D eigenvalue weighted by Crippen LogP contribution is 2.20. The Morgan fingerprint density at radius 2 is 1.88 bits per heavy atom.